The van der Waals surface area contributed by atoms with Gasteiger partial charge in [-0.1, -0.05) is 26.8 Å². The van der Waals surface area contributed by atoms with Gasteiger partial charge in [-0.3, -0.25) is 0 Å². The second-order valence-electron chi connectivity index (χ2n) is 3.70. The highest BCUT2D eigenvalue weighted by molar-refractivity contribution is 4.76. The zero-order chi connectivity index (χ0) is 9.56. The van der Waals surface area contributed by atoms with E-state index >= 15 is 0 Å². The van der Waals surface area contributed by atoms with E-state index in [2.05, 4.69) is 20.4 Å². The Hall–Kier alpha value is -0.330. The van der Waals surface area contributed by atoms with Crippen molar-refractivity contribution < 1.29 is 4.39 Å². The lowest BCUT2D eigenvalue weighted by molar-refractivity contribution is 0.166. The van der Waals surface area contributed by atoms with Crippen molar-refractivity contribution >= 4 is 0 Å². The molecular weight excluding hydrogens is 151 g/mol. The maximum absolute atomic E-state index is 13.3. The van der Waals surface area contributed by atoms with Crippen LogP contribution in [0.1, 0.15) is 40.0 Å². The highest BCUT2D eigenvalue weighted by Crippen LogP contribution is 2.25. The molecular formula is C11H21F. The Bertz CT molecular complexity index is 118. The third kappa shape index (κ3) is 3.89. The number of allylic oxidation sites excluding steroid dienone is 1. The lowest BCUT2D eigenvalue weighted by Gasteiger charge is -2.23. The molecule has 12 heavy (non-hydrogen) atoms. The Morgan fingerprint density at radius 1 is 1.42 bits per heavy atom. The molecule has 0 bridgehead atoms. The number of hydrogen-bond donors (Lipinski definition) is 0. The van der Waals surface area contributed by atoms with Gasteiger partial charge in [0.15, 0.2) is 0 Å². The molecule has 0 nitrogen and oxygen atoms in total. The van der Waals surface area contributed by atoms with Gasteiger partial charge in [-0.25, -0.2) is 4.39 Å². The summed E-state index contributed by atoms with van der Waals surface area (Å²) in [7, 11) is 0. The fraction of sp³-hybridized carbons (Fsp3) is 0.818. The molecule has 0 saturated carbocycles. The zero-order valence-corrected chi connectivity index (χ0v) is 8.52. The third-order valence-corrected chi connectivity index (χ3v) is 2.42. The monoisotopic (exact) mass is 172 g/mol. The highest BCUT2D eigenvalue weighted by atomic mass is 19.1. The summed E-state index contributed by atoms with van der Waals surface area (Å²) in [6, 6.07) is 0. The van der Waals surface area contributed by atoms with Crippen molar-refractivity contribution in [3.8, 4) is 0 Å². The summed E-state index contributed by atoms with van der Waals surface area (Å²) < 4.78 is 13.3. The normalized spacial score (nSPS) is 16.1. The van der Waals surface area contributed by atoms with E-state index in [0.29, 0.717) is 12.3 Å². The lowest BCUT2D eigenvalue weighted by Crippen LogP contribution is -2.20. The quantitative estimate of drug-likeness (QED) is 0.532. The first kappa shape index (κ1) is 11.7. The van der Waals surface area contributed by atoms with Crippen LogP contribution in [-0.4, -0.2) is 6.17 Å². The van der Waals surface area contributed by atoms with Crippen molar-refractivity contribution in [1.29, 1.82) is 0 Å². The fourth-order valence-electron chi connectivity index (χ4n) is 1.54. The first-order chi connectivity index (χ1) is 5.63. The minimum absolute atomic E-state index is 0.216. The molecule has 1 heteroatoms. The summed E-state index contributed by atoms with van der Waals surface area (Å²) in [5, 5.41) is 0. The van der Waals surface area contributed by atoms with Crippen molar-refractivity contribution in [2.75, 3.05) is 0 Å². The largest absolute Gasteiger partial charge is 0.247 e. The van der Waals surface area contributed by atoms with E-state index in [1.807, 2.05) is 13.0 Å². The average molecular weight is 172 g/mol. The topological polar surface area (TPSA) is 0 Å². The Balaban J connectivity index is 3.93. The molecule has 0 aromatic carbocycles. The molecule has 0 N–H and O–H groups in total. The van der Waals surface area contributed by atoms with E-state index in [-0.39, 0.29) is 5.92 Å². The number of hydrogen-bond acceptors (Lipinski definition) is 0. The van der Waals surface area contributed by atoms with Gasteiger partial charge in [-0.2, -0.15) is 0 Å². The van der Waals surface area contributed by atoms with Crippen LogP contribution in [-0.2, 0) is 0 Å². The summed E-state index contributed by atoms with van der Waals surface area (Å²) >= 11 is 0. The number of rotatable bonds is 6. The Morgan fingerprint density at radius 2 is 2.00 bits per heavy atom. The smallest absolute Gasteiger partial charge is 0.103 e. The molecule has 0 aliphatic carbocycles. The molecule has 0 fully saturated rings. The summed E-state index contributed by atoms with van der Waals surface area (Å²) in [6.07, 6.45) is 3.75. The summed E-state index contributed by atoms with van der Waals surface area (Å²) in [6.45, 7) is 9.75. The molecule has 0 aliphatic heterocycles. The van der Waals surface area contributed by atoms with Crippen molar-refractivity contribution in [3.05, 3.63) is 12.7 Å². The summed E-state index contributed by atoms with van der Waals surface area (Å²) in [5.74, 6) is 0.660. The van der Waals surface area contributed by atoms with E-state index in [1.165, 1.54) is 0 Å². The van der Waals surface area contributed by atoms with Crippen LogP contribution in [0.4, 0.5) is 4.39 Å². The summed E-state index contributed by atoms with van der Waals surface area (Å²) in [4.78, 5) is 0. The first-order valence-electron chi connectivity index (χ1n) is 4.88. The van der Waals surface area contributed by atoms with Crippen LogP contribution >= 0.6 is 0 Å². The van der Waals surface area contributed by atoms with Crippen molar-refractivity contribution in [3.63, 3.8) is 0 Å². The van der Waals surface area contributed by atoms with Crippen molar-refractivity contribution in [2.24, 2.45) is 11.8 Å². The van der Waals surface area contributed by atoms with Crippen LogP contribution in [0.2, 0.25) is 0 Å². The molecule has 0 spiro atoms. The first-order valence-corrected chi connectivity index (χ1v) is 4.88. The molecule has 2 atom stereocenters. The Kier molecular flexibility index (Phi) is 6.04. The second kappa shape index (κ2) is 6.22. The van der Waals surface area contributed by atoms with Crippen LogP contribution in [0.3, 0.4) is 0 Å². The second-order valence-corrected chi connectivity index (χ2v) is 3.70. The van der Waals surface area contributed by atoms with Gasteiger partial charge < -0.3 is 0 Å². The van der Waals surface area contributed by atoms with E-state index < -0.39 is 6.17 Å². The fourth-order valence-corrected chi connectivity index (χ4v) is 1.54. The van der Waals surface area contributed by atoms with E-state index in [4.69, 9.17) is 0 Å². The Labute approximate surface area is 75.9 Å². The maximum atomic E-state index is 13.3. The molecule has 0 saturated heterocycles. The third-order valence-electron chi connectivity index (χ3n) is 2.42. The minimum Gasteiger partial charge on any atom is -0.247 e. The van der Waals surface area contributed by atoms with Gasteiger partial charge in [0.1, 0.15) is 6.17 Å². The summed E-state index contributed by atoms with van der Waals surface area (Å²) in [5.41, 5.74) is 0. The lowest BCUT2D eigenvalue weighted by atomic mass is 9.86. The minimum atomic E-state index is -0.634. The molecule has 2 unspecified atom stereocenters. The van der Waals surface area contributed by atoms with Gasteiger partial charge >= 0.3 is 0 Å². The van der Waals surface area contributed by atoms with E-state index in [1.54, 1.807) is 0 Å². The molecule has 0 radical (unpaired) electrons. The van der Waals surface area contributed by atoms with Crippen LogP contribution in [0.25, 0.3) is 0 Å². The predicted octanol–water partition coefficient (Wildman–Crippen LogP) is 3.97. The van der Waals surface area contributed by atoms with Crippen LogP contribution in [0.5, 0.6) is 0 Å². The predicted molar refractivity (Wildman–Crippen MR) is 52.9 cm³/mol. The van der Waals surface area contributed by atoms with Gasteiger partial charge in [0.2, 0.25) is 0 Å². The van der Waals surface area contributed by atoms with Crippen LogP contribution in [0, 0.1) is 11.8 Å². The van der Waals surface area contributed by atoms with E-state index in [0.717, 1.165) is 12.8 Å². The van der Waals surface area contributed by atoms with Crippen molar-refractivity contribution in [1.82, 2.24) is 0 Å². The molecule has 0 heterocycles. The van der Waals surface area contributed by atoms with Crippen molar-refractivity contribution in [2.45, 2.75) is 46.2 Å². The molecule has 0 rings (SSSR count). The van der Waals surface area contributed by atoms with Crippen LogP contribution in [0.15, 0.2) is 12.7 Å². The van der Waals surface area contributed by atoms with Crippen LogP contribution < -0.4 is 0 Å². The standard InChI is InChI=1S/C11H21F/c1-5-7-8-10(9(3)4)11(12)6-2/h5,9-11H,1,6-8H2,2-4H3. The van der Waals surface area contributed by atoms with Gasteiger partial charge in [0.25, 0.3) is 0 Å². The average Bonchev–Trinajstić information content (AvgIpc) is 2.04. The SMILES string of the molecule is C=CCCC(C(C)C)C(F)CC. The van der Waals surface area contributed by atoms with Gasteiger partial charge in [0.05, 0.1) is 0 Å². The molecule has 0 aromatic heterocycles. The Morgan fingerprint density at radius 3 is 2.33 bits per heavy atom. The number of alkyl halides is 1. The zero-order valence-electron chi connectivity index (χ0n) is 8.52. The maximum Gasteiger partial charge on any atom is 0.103 e. The molecule has 0 amide bonds. The van der Waals surface area contributed by atoms with E-state index in [9.17, 15) is 4.39 Å². The molecule has 0 aliphatic rings. The molecule has 0 aromatic rings. The highest BCUT2D eigenvalue weighted by Gasteiger charge is 2.21. The number of halogens is 1. The molecule has 72 valence electrons. The van der Waals surface area contributed by atoms with Gasteiger partial charge in [0, 0.05) is 0 Å². The van der Waals surface area contributed by atoms with Gasteiger partial charge in [-0.15, -0.1) is 6.58 Å². The van der Waals surface area contributed by atoms with Gasteiger partial charge in [-0.05, 0) is 31.1 Å².